The van der Waals surface area contributed by atoms with Crippen LogP contribution in [0.5, 0.6) is 11.8 Å². The maximum Gasteiger partial charge on any atom is 0.215 e. The average molecular weight is 306 g/mol. The van der Waals surface area contributed by atoms with Crippen LogP contribution >= 0.6 is 0 Å². The molecule has 0 amide bonds. The highest BCUT2D eigenvalue weighted by molar-refractivity contribution is 5.82. The van der Waals surface area contributed by atoms with E-state index >= 15 is 0 Å². The van der Waals surface area contributed by atoms with Crippen LogP contribution in [0.25, 0.3) is 21.9 Å². The molecule has 0 saturated heterocycles. The first-order valence-corrected chi connectivity index (χ1v) is 7.18. The predicted molar refractivity (Wildman–Crippen MR) is 86.7 cm³/mol. The first-order chi connectivity index (χ1) is 11.2. The van der Waals surface area contributed by atoms with E-state index in [0.717, 1.165) is 27.5 Å². The van der Waals surface area contributed by atoms with Gasteiger partial charge in [0.15, 0.2) is 11.5 Å². The second-order valence-electron chi connectivity index (χ2n) is 5.30. The van der Waals surface area contributed by atoms with Crippen LogP contribution in [0.1, 0.15) is 11.3 Å². The molecule has 0 fully saturated rings. The highest BCUT2D eigenvalue weighted by atomic mass is 16.5. The van der Waals surface area contributed by atoms with Crippen molar-refractivity contribution in [3.63, 3.8) is 0 Å². The van der Waals surface area contributed by atoms with E-state index in [1.807, 2.05) is 30.3 Å². The number of pyridine rings is 1. The molecule has 0 bridgehead atoms. The van der Waals surface area contributed by atoms with E-state index in [0.29, 0.717) is 17.9 Å². The van der Waals surface area contributed by atoms with Gasteiger partial charge in [-0.15, -0.1) is 0 Å². The van der Waals surface area contributed by atoms with E-state index in [4.69, 9.17) is 4.74 Å². The number of H-pyrrole nitrogens is 1. The van der Waals surface area contributed by atoms with Gasteiger partial charge in [-0.05, 0) is 23.8 Å². The number of fused-ring (bicyclic) bond motifs is 2. The molecule has 114 valence electrons. The van der Waals surface area contributed by atoms with Crippen LogP contribution in [0.3, 0.4) is 0 Å². The summed E-state index contributed by atoms with van der Waals surface area (Å²) in [6, 6.07) is 11.5. The molecule has 0 aliphatic carbocycles. The van der Waals surface area contributed by atoms with Gasteiger partial charge in [-0.25, -0.2) is 9.97 Å². The molecular formula is C17H14N4O2. The van der Waals surface area contributed by atoms with Crippen LogP contribution in [0.15, 0.2) is 42.7 Å². The minimum atomic E-state index is 0.168. The monoisotopic (exact) mass is 306 g/mol. The standard InChI is InChI=1S/C17H14N4O2/c1-23-16-5-3-12-14(18-9-19-17(12)21-16)7-10-2-4-13-11(6-10)8-15(22)20-13/h2-6,8-9,20,22H,7H2,1H3. The lowest BCUT2D eigenvalue weighted by Gasteiger charge is -2.06. The quantitative estimate of drug-likeness (QED) is 0.608. The zero-order valence-electron chi connectivity index (χ0n) is 12.4. The van der Waals surface area contributed by atoms with Gasteiger partial charge in [-0.1, -0.05) is 6.07 Å². The Morgan fingerprint density at radius 2 is 2.04 bits per heavy atom. The van der Waals surface area contributed by atoms with Gasteiger partial charge in [-0.2, -0.15) is 4.98 Å². The number of aromatic nitrogens is 4. The lowest BCUT2D eigenvalue weighted by atomic mass is 10.1. The first kappa shape index (κ1) is 13.5. The van der Waals surface area contributed by atoms with Crippen molar-refractivity contribution >= 4 is 21.9 Å². The molecule has 0 aliphatic rings. The molecule has 6 heteroatoms. The molecule has 0 saturated carbocycles. The third-order valence-corrected chi connectivity index (χ3v) is 3.81. The number of ether oxygens (including phenoxy) is 1. The van der Waals surface area contributed by atoms with Gasteiger partial charge in [0.2, 0.25) is 5.88 Å². The van der Waals surface area contributed by atoms with Crippen LogP contribution in [-0.4, -0.2) is 32.2 Å². The van der Waals surface area contributed by atoms with Gasteiger partial charge in [0.05, 0.1) is 12.8 Å². The Labute approximate surface area is 131 Å². The van der Waals surface area contributed by atoms with Gasteiger partial charge < -0.3 is 14.8 Å². The Hall–Kier alpha value is -3.15. The second-order valence-corrected chi connectivity index (χ2v) is 5.30. The number of aromatic hydroxyl groups is 1. The topological polar surface area (TPSA) is 83.9 Å². The highest BCUT2D eigenvalue weighted by Crippen LogP contribution is 2.23. The Bertz CT molecular complexity index is 1010. The number of nitrogens with zero attached hydrogens (tertiary/aromatic N) is 3. The van der Waals surface area contributed by atoms with E-state index in [1.165, 1.54) is 6.33 Å². The van der Waals surface area contributed by atoms with Crippen LogP contribution in [0.4, 0.5) is 0 Å². The smallest absolute Gasteiger partial charge is 0.215 e. The first-order valence-electron chi connectivity index (χ1n) is 7.18. The van der Waals surface area contributed by atoms with Gasteiger partial charge in [0, 0.05) is 34.8 Å². The molecule has 0 radical (unpaired) electrons. The molecule has 6 nitrogen and oxygen atoms in total. The lowest BCUT2D eigenvalue weighted by Crippen LogP contribution is -1.98. The van der Waals surface area contributed by atoms with Gasteiger partial charge in [0.25, 0.3) is 0 Å². The van der Waals surface area contributed by atoms with Crippen LogP contribution in [-0.2, 0) is 6.42 Å². The summed E-state index contributed by atoms with van der Waals surface area (Å²) in [7, 11) is 1.58. The molecule has 4 rings (SSSR count). The van der Waals surface area contributed by atoms with Crippen LogP contribution < -0.4 is 4.74 Å². The van der Waals surface area contributed by atoms with E-state index in [2.05, 4.69) is 19.9 Å². The number of hydrogen-bond acceptors (Lipinski definition) is 5. The fraction of sp³-hybridized carbons (Fsp3) is 0.118. The summed E-state index contributed by atoms with van der Waals surface area (Å²) in [4.78, 5) is 15.8. The molecule has 2 N–H and O–H groups in total. The van der Waals surface area contributed by atoms with Crippen molar-refractivity contribution in [1.82, 2.24) is 19.9 Å². The Balaban J connectivity index is 1.75. The van der Waals surface area contributed by atoms with E-state index in [9.17, 15) is 5.11 Å². The van der Waals surface area contributed by atoms with Gasteiger partial charge >= 0.3 is 0 Å². The van der Waals surface area contributed by atoms with Crippen molar-refractivity contribution in [2.75, 3.05) is 7.11 Å². The molecule has 0 atom stereocenters. The summed E-state index contributed by atoms with van der Waals surface area (Å²) < 4.78 is 5.13. The average Bonchev–Trinajstić information content (AvgIpc) is 2.94. The third-order valence-electron chi connectivity index (χ3n) is 3.81. The predicted octanol–water partition coefficient (Wildman–Crippen LogP) is 2.81. The number of benzene rings is 1. The Morgan fingerprint density at radius 3 is 2.91 bits per heavy atom. The normalized spacial score (nSPS) is 11.2. The molecular weight excluding hydrogens is 292 g/mol. The van der Waals surface area contributed by atoms with Crippen molar-refractivity contribution in [1.29, 1.82) is 0 Å². The summed E-state index contributed by atoms with van der Waals surface area (Å²) in [5.74, 6) is 0.701. The van der Waals surface area contributed by atoms with Crippen molar-refractivity contribution in [2.24, 2.45) is 0 Å². The van der Waals surface area contributed by atoms with E-state index in [1.54, 1.807) is 13.2 Å². The molecule has 3 aromatic heterocycles. The number of methoxy groups -OCH3 is 1. The molecule has 0 aliphatic heterocycles. The maximum absolute atomic E-state index is 9.53. The number of aromatic amines is 1. The van der Waals surface area contributed by atoms with Gasteiger partial charge in [-0.3, -0.25) is 0 Å². The van der Waals surface area contributed by atoms with Gasteiger partial charge in [0.1, 0.15) is 6.33 Å². The summed E-state index contributed by atoms with van der Waals surface area (Å²) in [5, 5.41) is 11.4. The zero-order chi connectivity index (χ0) is 15.8. The van der Waals surface area contributed by atoms with Crippen molar-refractivity contribution in [3.05, 3.63) is 54.0 Å². The fourth-order valence-electron chi connectivity index (χ4n) is 2.70. The van der Waals surface area contributed by atoms with Crippen LogP contribution in [0, 0.1) is 0 Å². The zero-order valence-corrected chi connectivity index (χ0v) is 12.4. The molecule has 0 unspecified atom stereocenters. The third kappa shape index (κ3) is 2.44. The number of hydrogen-bond donors (Lipinski definition) is 2. The van der Waals surface area contributed by atoms with E-state index < -0.39 is 0 Å². The van der Waals surface area contributed by atoms with E-state index in [-0.39, 0.29) is 5.88 Å². The largest absolute Gasteiger partial charge is 0.495 e. The molecule has 4 aromatic rings. The second kappa shape index (κ2) is 5.24. The Kier molecular flexibility index (Phi) is 3.08. The SMILES string of the molecule is COc1ccc2c(Cc3ccc4[nH]c(O)cc4c3)ncnc2n1. The van der Waals surface area contributed by atoms with Crippen LogP contribution in [0.2, 0.25) is 0 Å². The molecule has 0 spiro atoms. The summed E-state index contributed by atoms with van der Waals surface area (Å²) in [6.45, 7) is 0. The molecule has 23 heavy (non-hydrogen) atoms. The summed E-state index contributed by atoms with van der Waals surface area (Å²) >= 11 is 0. The molecule has 3 heterocycles. The minimum absolute atomic E-state index is 0.168. The fourth-order valence-corrected chi connectivity index (χ4v) is 2.70. The van der Waals surface area contributed by atoms with Crippen molar-refractivity contribution < 1.29 is 9.84 Å². The highest BCUT2D eigenvalue weighted by Gasteiger charge is 2.08. The number of nitrogens with one attached hydrogen (secondary N) is 1. The number of rotatable bonds is 3. The van der Waals surface area contributed by atoms with Crippen molar-refractivity contribution in [3.8, 4) is 11.8 Å². The Morgan fingerprint density at radius 1 is 1.13 bits per heavy atom. The summed E-state index contributed by atoms with van der Waals surface area (Å²) in [6.07, 6.45) is 2.18. The van der Waals surface area contributed by atoms with Crippen molar-refractivity contribution in [2.45, 2.75) is 6.42 Å². The minimum Gasteiger partial charge on any atom is -0.495 e. The molecule has 1 aromatic carbocycles. The summed E-state index contributed by atoms with van der Waals surface area (Å²) in [5.41, 5.74) is 3.54. The lowest BCUT2D eigenvalue weighted by molar-refractivity contribution is 0.399. The maximum atomic E-state index is 9.53.